The van der Waals surface area contributed by atoms with E-state index < -0.39 is 41.1 Å². The van der Waals surface area contributed by atoms with Gasteiger partial charge in [-0.2, -0.15) is 8.78 Å². The van der Waals surface area contributed by atoms with Crippen molar-refractivity contribution in [3.05, 3.63) is 35.2 Å². The zero-order valence-electron chi connectivity index (χ0n) is 6.22. The van der Waals surface area contributed by atoms with Gasteiger partial charge in [0.2, 0.25) is 5.83 Å². The molecule has 0 unspecified atom stereocenters. The lowest BCUT2D eigenvalue weighted by atomic mass is 10.2. The third-order valence-corrected chi connectivity index (χ3v) is 1.52. The molecule has 0 aliphatic heterocycles. The summed E-state index contributed by atoms with van der Waals surface area (Å²) >= 11 is 0. The molecule has 78 valence electrons. The van der Waals surface area contributed by atoms with Gasteiger partial charge in [-0.25, -0.2) is 22.0 Å². The van der Waals surface area contributed by atoms with E-state index in [9.17, 15) is 30.7 Å². The molecule has 0 N–H and O–H groups in total. The highest BCUT2D eigenvalue weighted by Gasteiger charge is 2.52. The maximum atomic E-state index is 12.5. The Kier molecular flexibility index (Phi) is 2.43. The molecule has 0 spiro atoms. The van der Waals surface area contributed by atoms with E-state index in [1.54, 1.807) is 0 Å². The first kappa shape index (κ1) is 10.8. The van der Waals surface area contributed by atoms with Gasteiger partial charge in [0.05, 0.1) is 5.57 Å². The van der Waals surface area contributed by atoms with Crippen LogP contribution < -0.4 is 0 Å². The fraction of sp³-hybridized carbons (Fsp3) is 0.143. The molecule has 7 heteroatoms. The minimum atomic E-state index is -4.86. The van der Waals surface area contributed by atoms with Crippen molar-refractivity contribution in [3.8, 4) is 0 Å². The van der Waals surface area contributed by atoms with E-state index in [0.29, 0.717) is 0 Å². The molecule has 0 saturated carbocycles. The maximum absolute atomic E-state index is 12.5. The van der Waals surface area contributed by atoms with Crippen LogP contribution in [0.3, 0.4) is 0 Å². The maximum Gasteiger partial charge on any atom is 0.353 e. The lowest BCUT2D eigenvalue weighted by Crippen LogP contribution is -2.14. The van der Waals surface area contributed by atoms with Gasteiger partial charge in [0.25, 0.3) is 0 Å². The SMILES string of the molecule is F/C=C(\F)C1=C(F)C(F)(F)C(F)=C1F. The van der Waals surface area contributed by atoms with Gasteiger partial charge in [0, 0.05) is 0 Å². The third kappa shape index (κ3) is 1.23. The number of allylic oxidation sites excluding steroid dienone is 5. The van der Waals surface area contributed by atoms with Gasteiger partial charge in [-0.1, -0.05) is 0 Å². The molecule has 0 aromatic carbocycles. The molecule has 0 aromatic heterocycles. The van der Waals surface area contributed by atoms with E-state index in [1.807, 2.05) is 0 Å². The average molecular weight is 218 g/mol. The summed E-state index contributed by atoms with van der Waals surface area (Å²) in [7, 11) is 0. The molecule has 0 aromatic rings. The lowest BCUT2D eigenvalue weighted by molar-refractivity contribution is 0.0370. The Morgan fingerprint density at radius 3 is 1.86 bits per heavy atom. The fourth-order valence-electron chi connectivity index (χ4n) is 0.862. The van der Waals surface area contributed by atoms with E-state index in [4.69, 9.17) is 0 Å². The van der Waals surface area contributed by atoms with Crippen molar-refractivity contribution in [1.29, 1.82) is 0 Å². The van der Waals surface area contributed by atoms with Crippen LogP contribution in [0.15, 0.2) is 35.2 Å². The molecular formula is C7HF7. The zero-order chi connectivity index (χ0) is 11.1. The summed E-state index contributed by atoms with van der Waals surface area (Å²) in [4.78, 5) is 0. The van der Waals surface area contributed by atoms with Crippen LogP contribution in [0.5, 0.6) is 0 Å². The van der Waals surface area contributed by atoms with E-state index in [1.165, 1.54) is 0 Å². The molecular weight excluding hydrogens is 217 g/mol. The Bertz CT molecular complexity index is 360. The Hall–Kier alpha value is -1.27. The highest BCUT2D eigenvalue weighted by molar-refractivity contribution is 5.53. The van der Waals surface area contributed by atoms with Gasteiger partial charge in [-0.15, -0.1) is 0 Å². The van der Waals surface area contributed by atoms with Crippen molar-refractivity contribution >= 4 is 0 Å². The molecule has 0 atom stereocenters. The summed E-state index contributed by atoms with van der Waals surface area (Å²) in [6.45, 7) is 0. The van der Waals surface area contributed by atoms with Crippen molar-refractivity contribution in [1.82, 2.24) is 0 Å². The highest BCUT2D eigenvalue weighted by Crippen LogP contribution is 2.48. The molecule has 0 amide bonds. The number of halogens is 7. The normalized spacial score (nSPS) is 22.4. The molecule has 1 rings (SSSR count). The molecule has 14 heavy (non-hydrogen) atoms. The van der Waals surface area contributed by atoms with Crippen molar-refractivity contribution in [2.24, 2.45) is 0 Å². The highest BCUT2D eigenvalue weighted by atomic mass is 19.3. The third-order valence-electron chi connectivity index (χ3n) is 1.52. The van der Waals surface area contributed by atoms with Gasteiger partial charge in [-0.05, 0) is 0 Å². The predicted molar refractivity (Wildman–Crippen MR) is 32.6 cm³/mol. The number of hydrogen-bond acceptors (Lipinski definition) is 0. The smallest absolute Gasteiger partial charge is 0.212 e. The summed E-state index contributed by atoms with van der Waals surface area (Å²) in [6, 6.07) is 0. The minimum absolute atomic E-state index is 0.941. The Morgan fingerprint density at radius 1 is 1.07 bits per heavy atom. The molecule has 1 aliphatic carbocycles. The molecule has 0 radical (unpaired) electrons. The molecule has 0 heterocycles. The van der Waals surface area contributed by atoms with Gasteiger partial charge in [-0.3, -0.25) is 0 Å². The second-order valence-electron chi connectivity index (χ2n) is 2.35. The van der Waals surface area contributed by atoms with E-state index >= 15 is 0 Å². The standard InChI is InChI=1S/C7HF7/c8-1-2(9)3-4(10)6(12)7(13,14)5(3)11/h1H/b2-1-. The van der Waals surface area contributed by atoms with Crippen LogP contribution in [-0.4, -0.2) is 5.92 Å². The first-order valence-electron chi connectivity index (χ1n) is 3.14. The molecule has 0 fully saturated rings. The van der Waals surface area contributed by atoms with Gasteiger partial charge < -0.3 is 0 Å². The van der Waals surface area contributed by atoms with Gasteiger partial charge >= 0.3 is 5.92 Å². The first-order valence-corrected chi connectivity index (χ1v) is 3.14. The van der Waals surface area contributed by atoms with Crippen LogP contribution in [0.25, 0.3) is 0 Å². The second kappa shape index (κ2) is 3.14. The van der Waals surface area contributed by atoms with E-state index in [-0.39, 0.29) is 0 Å². The van der Waals surface area contributed by atoms with Crippen molar-refractivity contribution in [2.45, 2.75) is 5.92 Å². The van der Waals surface area contributed by atoms with Crippen LogP contribution in [0.2, 0.25) is 0 Å². The van der Waals surface area contributed by atoms with Gasteiger partial charge in [0.1, 0.15) is 6.33 Å². The van der Waals surface area contributed by atoms with Crippen molar-refractivity contribution in [2.75, 3.05) is 0 Å². The lowest BCUT2D eigenvalue weighted by Gasteiger charge is -2.05. The van der Waals surface area contributed by atoms with Crippen molar-refractivity contribution < 1.29 is 30.7 Å². The first-order chi connectivity index (χ1) is 6.34. The predicted octanol–water partition coefficient (Wildman–Crippen LogP) is 3.79. The van der Waals surface area contributed by atoms with Crippen LogP contribution in [0.1, 0.15) is 0 Å². The fourth-order valence-corrected chi connectivity index (χ4v) is 0.862. The second-order valence-corrected chi connectivity index (χ2v) is 2.35. The summed E-state index contributed by atoms with van der Waals surface area (Å²) in [5.41, 5.74) is -2.02. The zero-order valence-corrected chi connectivity index (χ0v) is 6.22. The number of rotatable bonds is 1. The van der Waals surface area contributed by atoms with Crippen LogP contribution >= 0.6 is 0 Å². The van der Waals surface area contributed by atoms with Gasteiger partial charge in [0.15, 0.2) is 17.5 Å². The monoisotopic (exact) mass is 218 g/mol. The molecule has 0 nitrogen and oxygen atoms in total. The number of alkyl halides is 2. The topological polar surface area (TPSA) is 0 Å². The molecule has 1 aliphatic rings. The van der Waals surface area contributed by atoms with E-state index in [2.05, 4.69) is 0 Å². The summed E-state index contributed by atoms with van der Waals surface area (Å²) in [5.74, 6) is -15.0. The van der Waals surface area contributed by atoms with E-state index in [0.717, 1.165) is 0 Å². The van der Waals surface area contributed by atoms with Crippen LogP contribution in [0.4, 0.5) is 30.7 Å². The quantitative estimate of drug-likeness (QED) is 0.587. The Balaban J connectivity index is 3.39. The number of hydrogen-bond donors (Lipinski definition) is 0. The minimum Gasteiger partial charge on any atom is -0.212 e. The van der Waals surface area contributed by atoms with Crippen LogP contribution in [0, 0.1) is 0 Å². The molecule has 0 saturated heterocycles. The Morgan fingerprint density at radius 2 is 1.57 bits per heavy atom. The Labute approximate surface area is 73.0 Å². The summed E-state index contributed by atoms with van der Waals surface area (Å²) in [5, 5.41) is 0. The van der Waals surface area contributed by atoms with Crippen LogP contribution in [-0.2, 0) is 0 Å². The summed E-state index contributed by atoms with van der Waals surface area (Å²) < 4.78 is 85.5. The average Bonchev–Trinajstić information content (AvgIpc) is 2.28. The van der Waals surface area contributed by atoms with Crippen molar-refractivity contribution in [3.63, 3.8) is 0 Å². The summed E-state index contributed by atoms with van der Waals surface area (Å²) in [6.07, 6.45) is -0.941. The largest absolute Gasteiger partial charge is 0.353 e. The molecule has 0 bridgehead atoms.